The van der Waals surface area contributed by atoms with E-state index in [0.717, 1.165) is 22.6 Å². The van der Waals surface area contributed by atoms with E-state index in [1.165, 1.54) is 5.56 Å². The zero-order valence-corrected chi connectivity index (χ0v) is 15.4. The van der Waals surface area contributed by atoms with Crippen LogP contribution in [0.3, 0.4) is 0 Å². The first-order valence-corrected chi connectivity index (χ1v) is 8.49. The van der Waals surface area contributed by atoms with Gasteiger partial charge in [0.15, 0.2) is 5.78 Å². The molecule has 0 saturated carbocycles. The molecule has 5 nitrogen and oxygen atoms in total. The number of hydrogen-bond donors (Lipinski definition) is 2. The lowest BCUT2D eigenvalue weighted by atomic mass is 10.1. The fraction of sp³-hybridized carbons (Fsp3) is 0.190. The van der Waals surface area contributed by atoms with Gasteiger partial charge in [0.2, 0.25) is 5.95 Å². The van der Waals surface area contributed by atoms with Gasteiger partial charge in [0.25, 0.3) is 0 Å². The number of aromatic nitrogens is 2. The molecule has 0 aliphatic carbocycles. The zero-order chi connectivity index (χ0) is 18.7. The highest BCUT2D eigenvalue weighted by molar-refractivity contribution is 5.95. The van der Waals surface area contributed by atoms with Gasteiger partial charge in [-0.05, 0) is 57.0 Å². The first-order valence-electron chi connectivity index (χ1n) is 8.49. The molecule has 0 bridgehead atoms. The summed E-state index contributed by atoms with van der Waals surface area (Å²) in [5.41, 5.74) is 5.61. The quantitative estimate of drug-likeness (QED) is 0.630. The summed E-state index contributed by atoms with van der Waals surface area (Å²) in [6, 6.07) is 15.5. The molecular weight excluding hydrogens is 324 g/mol. The third kappa shape index (κ3) is 4.25. The second-order valence-electron chi connectivity index (χ2n) is 6.42. The molecule has 0 unspecified atom stereocenters. The number of aryl methyl sites for hydroxylation is 3. The summed E-state index contributed by atoms with van der Waals surface area (Å²) in [4.78, 5) is 20.6. The second kappa shape index (κ2) is 7.35. The molecule has 2 aromatic carbocycles. The number of Topliss-reactive ketones (excluding diaryl/α,β-unsaturated/α-hetero) is 1. The Bertz CT molecular complexity index is 966. The van der Waals surface area contributed by atoms with E-state index < -0.39 is 0 Å². The van der Waals surface area contributed by atoms with Crippen molar-refractivity contribution in [2.24, 2.45) is 0 Å². The van der Waals surface area contributed by atoms with Crippen LogP contribution in [0, 0.1) is 20.8 Å². The Hall–Kier alpha value is -3.21. The van der Waals surface area contributed by atoms with E-state index in [4.69, 9.17) is 0 Å². The van der Waals surface area contributed by atoms with Crippen LogP contribution in [0.5, 0.6) is 0 Å². The molecule has 0 spiro atoms. The molecule has 0 fully saturated rings. The number of ketones is 1. The minimum atomic E-state index is 0.0322. The summed E-state index contributed by atoms with van der Waals surface area (Å²) in [6.07, 6.45) is 0. The predicted molar refractivity (Wildman–Crippen MR) is 106 cm³/mol. The van der Waals surface area contributed by atoms with Crippen LogP contribution in [0.15, 0.2) is 48.5 Å². The van der Waals surface area contributed by atoms with Gasteiger partial charge in [-0.25, -0.2) is 4.98 Å². The van der Waals surface area contributed by atoms with Crippen LogP contribution >= 0.6 is 0 Å². The fourth-order valence-electron chi connectivity index (χ4n) is 2.64. The van der Waals surface area contributed by atoms with Crippen molar-refractivity contribution >= 4 is 28.9 Å². The van der Waals surface area contributed by atoms with Crippen molar-refractivity contribution in [1.82, 2.24) is 9.97 Å². The van der Waals surface area contributed by atoms with Gasteiger partial charge >= 0.3 is 0 Å². The molecule has 132 valence electrons. The third-order valence-electron chi connectivity index (χ3n) is 4.04. The number of anilines is 4. The topological polar surface area (TPSA) is 66.9 Å². The van der Waals surface area contributed by atoms with Gasteiger partial charge in [-0.15, -0.1) is 0 Å². The summed E-state index contributed by atoms with van der Waals surface area (Å²) in [5.74, 6) is 1.24. The van der Waals surface area contributed by atoms with Crippen molar-refractivity contribution in [3.8, 4) is 0 Å². The molecule has 26 heavy (non-hydrogen) atoms. The van der Waals surface area contributed by atoms with E-state index in [1.807, 2.05) is 38.1 Å². The largest absolute Gasteiger partial charge is 0.340 e. The SMILES string of the molecule is CC(=O)c1cccc(Nc2cc(C)nc(Nc3cc(C)ccc3C)n2)c1. The van der Waals surface area contributed by atoms with Crippen LogP contribution in [-0.4, -0.2) is 15.8 Å². The number of hydrogen-bond acceptors (Lipinski definition) is 5. The van der Waals surface area contributed by atoms with Gasteiger partial charge in [0.1, 0.15) is 5.82 Å². The molecule has 3 rings (SSSR count). The molecular formula is C21H22N4O. The van der Waals surface area contributed by atoms with E-state index in [2.05, 4.69) is 45.7 Å². The molecule has 1 aromatic heterocycles. The van der Waals surface area contributed by atoms with Crippen molar-refractivity contribution in [3.63, 3.8) is 0 Å². The Balaban J connectivity index is 1.87. The lowest BCUT2D eigenvalue weighted by molar-refractivity contribution is 0.101. The van der Waals surface area contributed by atoms with Crippen LogP contribution in [0.2, 0.25) is 0 Å². The van der Waals surface area contributed by atoms with E-state index in [-0.39, 0.29) is 5.78 Å². The number of nitrogens with one attached hydrogen (secondary N) is 2. The highest BCUT2D eigenvalue weighted by Gasteiger charge is 2.07. The molecule has 0 atom stereocenters. The maximum absolute atomic E-state index is 11.6. The smallest absolute Gasteiger partial charge is 0.229 e. The average molecular weight is 346 g/mol. The maximum Gasteiger partial charge on any atom is 0.229 e. The number of carbonyl (C=O) groups is 1. The van der Waals surface area contributed by atoms with E-state index in [9.17, 15) is 4.79 Å². The molecule has 3 aromatic rings. The first kappa shape index (κ1) is 17.6. The average Bonchev–Trinajstić information content (AvgIpc) is 2.58. The highest BCUT2D eigenvalue weighted by Crippen LogP contribution is 2.22. The van der Waals surface area contributed by atoms with Crippen LogP contribution in [0.25, 0.3) is 0 Å². The molecule has 0 aliphatic heterocycles. The maximum atomic E-state index is 11.6. The Morgan fingerprint density at radius 3 is 2.50 bits per heavy atom. The Labute approximate surface area is 153 Å². The number of rotatable bonds is 5. The molecule has 2 N–H and O–H groups in total. The van der Waals surface area contributed by atoms with Crippen LogP contribution in [-0.2, 0) is 0 Å². The predicted octanol–water partition coefficient (Wildman–Crippen LogP) is 5.09. The molecule has 0 radical (unpaired) electrons. The normalized spacial score (nSPS) is 10.5. The molecule has 0 aliphatic rings. The van der Waals surface area contributed by atoms with Crippen molar-refractivity contribution in [2.75, 3.05) is 10.6 Å². The summed E-state index contributed by atoms with van der Waals surface area (Å²) in [6.45, 7) is 7.58. The summed E-state index contributed by atoms with van der Waals surface area (Å²) in [7, 11) is 0. The van der Waals surface area contributed by atoms with Crippen LogP contribution in [0.4, 0.5) is 23.1 Å². The number of carbonyl (C=O) groups excluding carboxylic acids is 1. The van der Waals surface area contributed by atoms with Gasteiger partial charge in [0, 0.05) is 28.7 Å². The van der Waals surface area contributed by atoms with Crippen LogP contribution in [0.1, 0.15) is 34.1 Å². The van der Waals surface area contributed by atoms with Gasteiger partial charge < -0.3 is 10.6 Å². The second-order valence-corrected chi connectivity index (χ2v) is 6.42. The minimum absolute atomic E-state index is 0.0322. The van der Waals surface area contributed by atoms with E-state index in [1.54, 1.807) is 13.0 Å². The van der Waals surface area contributed by atoms with Crippen molar-refractivity contribution in [2.45, 2.75) is 27.7 Å². The van der Waals surface area contributed by atoms with Gasteiger partial charge in [-0.3, -0.25) is 4.79 Å². The van der Waals surface area contributed by atoms with Crippen LogP contribution < -0.4 is 10.6 Å². The lowest BCUT2D eigenvalue weighted by Gasteiger charge is -2.12. The Morgan fingerprint density at radius 2 is 1.73 bits per heavy atom. The fourth-order valence-corrected chi connectivity index (χ4v) is 2.64. The molecule has 1 heterocycles. The summed E-state index contributed by atoms with van der Waals surface area (Å²) < 4.78 is 0. The molecule has 5 heteroatoms. The summed E-state index contributed by atoms with van der Waals surface area (Å²) in [5, 5.41) is 6.54. The highest BCUT2D eigenvalue weighted by atomic mass is 16.1. The standard InChI is InChI=1S/C21H22N4O/c1-13-8-9-14(2)19(10-13)24-21-22-15(3)11-20(25-21)23-18-7-5-6-17(12-18)16(4)26/h5-12H,1-4H3,(H2,22,23,24,25). The minimum Gasteiger partial charge on any atom is -0.340 e. The molecule has 0 saturated heterocycles. The van der Waals surface area contributed by atoms with Gasteiger partial charge in [-0.2, -0.15) is 4.98 Å². The van der Waals surface area contributed by atoms with Crippen molar-refractivity contribution < 1.29 is 4.79 Å². The van der Waals surface area contributed by atoms with Crippen molar-refractivity contribution in [3.05, 3.63) is 70.9 Å². The van der Waals surface area contributed by atoms with E-state index >= 15 is 0 Å². The number of benzene rings is 2. The first-order chi connectivity index (χ1) is 12.4. The molecule has 0 amide bonds. The van der Waals surface area contributed by atoms with Gasteiger partial charge in [0.05, 0.1) is 0 Å². The Morgan fingerprint density at radius 1 is 0.923 bits per heavy atom. The Kier molecular flexibility index (Phi) is 4.98. The summed E-state index contributed by atoms with van der Waals surface area (Å²) >= 11 is 0. The zero-order valence-electron chi connectivity index (χ0n) is 15.4. The number of nitrogens with zero attached hydrogens (tertiary/aromatic N) is 2. The lowest BCUT2D eigenvalue weighted by Crippen LogP contribution is -2.04. The van der Waals surface area contributed by atoms with Gasteiger partial charge in [-0.1, -0.05) is 24.3 Å². The van der Waals surface area contributed by atoms with Crippen molar-refractivity contribution in [1.29, 1.82) is 0 Å². The van der Waals surface area contributed by atoms with E-state index in [0.29, 0.717) is 17.3 Å². The monoisotopic (exact) mass is 346 g/mol. The third-order valence-corrected chi connectivity index (χ3v) is 4.04.